The zero-order valence-corrected chi connectivity index (χ0v) is 23.1. The van der Waals surface area contributed by atoms with E-state index < -0.39 is 12.1 Å². The van der Waals surface area contributed by atoms with Crippen LogP contribution in [-0.4, -0.2) is 49.4 Å². The van der Waals surface area contributed by atoms with Crippen molar-refractivity contribution < 1.29 is 23.9 Å². The Balaban J connectivity index is 0.000000436. The van der Waals surface area contributed by atoms with Crippen LogP contribution in [0, 0.1) is 0 Å². The van der Waals surface area contributed by atoms with Gasteiger partial charge in [0.1, 0.15) is 11.9 Å². The number of rotatable bonds is 6. The van der Waals surface area contributed by atoms with Crippen molar-refractivity contribution in [3.8, 4) is 5.75 Å². The molecule has 4 rings (SSSR count). The lowest BCUT2D eigenvalue weighted by Gasteiger charge is -2.32. The molecule has 1 N–H and O–H groups in total. The molecule has 7 nitrogen and oxygen atoms in total. The Bertz CT molecular complexity index is 1220. The molecule has 1 aromatic rings. The second-order valence-corrected chi connectivity index (χ2v) is 9.91. The molecule has 2 atom stereocenters. The number of likely N-dealkylation sites (N-methyl/N-ethyl adjacent to an activating group) is 1. The zero-order valence-electron chi connectivity index (χ0n) is 23.1. The van der Waals surface area contributed by atoms with E-state index in [2.05, 4.69) is 18.5 Å². The van der Waals surface area contributed by atoms with Gasteiger partial charge in [-0.3, -0.25) is 9.59 Å². The highest BCUT2D eigenvalue weighted by atomic mass is 16.5. The maximum absolute atomic E-state index is 13.0. The summed E-state index contributed by atoms with van der Waals surface area (Å²) >= 11 is 0. The number of amides is 1. The molecule has 1 aliphatic carbocycles. The number of carbonyl (C=O) groups excluding carboxylic acids is 3. The predicted molar refractivity (Wildman–Crippen MR) is 148 cm³/mol. The van der Waals surface area contributed by atoms with Crippen molar-refractivity contribution in [2.75, 3.05) is 20.7 Å². The molecule has 0 radical (unpaired) electrons. The first-order chi connectivity index (χ1) is 18.1. The summed E-state index contributed by atoms with van der Waals surface area (Å²) < 4.78 is 11.0. The first kappa shape index (κ1) is 28.7. The highest BCUT2D eigenvalue weighted by Crippen LogP contribution is 2.41. The van der Waals surface area contributed by atoms with Crippen molar-refractivity contribution in [3.63, 3.8) is 0 Å². The Morgan fingerprint density at radius 1 is 1.08 bits per heavy atom. The largest absolute Gasteiger partial charge is 0.496 e. The van der Waals surface area contributed by atoms with Gasteiger partial charge in [-0.05, 0) is 50.0 Å². The van der Waals surface area contributed by atoms with Crippen molar-refractivity contribution >= 4 is 17.7 Å². The molecule has 38 heavy (non-hydrogen) atoms. The number of hydrogen-bond donors (Lipinski definition) is 1. The highest BCUT2D eigenvalue weighted by Gasteiger charge is 2.36. The van der Waals surface area contributed by atoms with E-state index in [0.717, 1.165) is 17.0 Å². The third kappa shape index (κ3) is 6.52. The highest BCUT2D eigenvalue weighted by molar-refractivity contribution is 6.01. The van der Waals surface area contributed by atoms with Crippen molar-refractivity contribution in [1.29, 1.82) is 0 Å². The molecule has 3 aliphatic rings. The summed E-state index contributed by atoms with van der Waals surface area (Å²) in [7, 11) is 3.33. The average Bonchev–Trinajstić information content (AvgIpc) is 3.23. The molecule has 1 saturated heterocycles. The third-order valence-electron chi connectivity index (χ3n) is 7.37. The number of Topliss-reactive ketones (excluding diaryl/α,β-unsaturated/α-hetero) is 1. The van der Waals surface area contributed by atoms with Crippen molar-refractivity contribution in [3.05, 3.63) is 88.8 Å². The van der Waals surface area contributed by atoms with Gasteiger partial charge in [-0.2, -0.15) is 0 Å². The summed E-state index contributed by atoms with van der Waals surface area (Å²) in [6, 6.07) is 7.76. The van der Waals surface area contributed by atoms with E-state index in [4.69, 9.17) is 9.47 Å². The Labute approximate surface area is 225 Å². The number of esters is 1. The number of allylic oxidation sites excluding steroid dienone is 7. The number of ketones is 1. The van der Waals surface area contributed by atoms with Crippen LogP contribution in [0.2, 0.25) is 0 Å². The van der Waals surface area contributed by atoms with Gasteiger partial charge < -0.3 is 19.7 Å². The first-order valence-electron chi connectivity index (χ1n) is 12.8. The lowest BCUT2D eigenvalue weighted by Crippen LogP contribution is -2.32. The average molecular weight is 519 g/mol. The summed E-state index contributed by atoms with van der Waals surface area (Å²) in [6.07, 6.45) is 4.75. The minimum Gasteiger partial charge on any atom is -0.496 e. The fourth-order valence-corrected chi connectivity index (χ4v) is 4.79. The van der Waals surface area contributed by atoms with Crippen LogP contribution in [0.4, 0.5) is 0 Å². The van der Waals surface area contributed by atoms with E-state index in [1.165, 1.54) is 11.1 Å². The second kappa shape index (κ2) is 12.6. The summed E-state index contributed by atoms with van der Waals surface area (Å²) in [5, 5.41) is 3.28. The molecule has 7 heteroatoms. The fraction of sp³-hybridized carbons (Fsp3) is 0.387. The zero-order chi connectivity index (χ0) is 28.0. The molecule has 202 valence electrons. The van der Waals surface area contributed by atoms with E-state index >= 15 is 0 Å². The Hall–Kier alpha value is -3.87. The number of ether oxygens (including phenoxy) is 2. The number of carbonyl (C=O) groups is 3. The number of dihydropyridines is 1. The molecule has 1 aromatic carbocycles. The molecule has 2 heterocycles. The van der Waals surface area contributed by atoms with Crippen LogP contribution in [0.1, 0.15) is 57.9 Å². The number of para-hydroxylation sites is 1. The maximum atomic E-state index is 13.0. The summed E-state index contributed by atoms with van der Waals surface area (Å²) in [6.45, 7) is 13.5. The number of nitrogens with one attached hydrogen (secondary N) is 1. The lowest BCUT2D eigenvalue weighted by atomic mass is 9.78. The van der Waals surface area contributed by atoms with Crippen LogP contribution < -0.4 is 10.1 Å². The van der Waals surface area contributed by atoms with Gasteiger partial charge in [0.05, 0.1) is 25.6 Å². The van der Waals surface area contributed by atoms with Crippen LogP contribution in [0.15, 0.2) is 83.3 Å². The topological polar surface area (TPSA) is 84.9 Å². The van der Waals surface area contributed by atoms with E-state index in [1.807, 2.05) is 57.2 Å². The van der Waals surface area contributed by atoms with Crippen LogP contribution in [-0.2, 0) is 19.1 Å². The molecule has 0 aromatic heterocycles. The van der Waals surface area contributed by atoms with Gasteiger partial charge in [0.25, 0.3) is 0 Å². The minimum atomic E-state index is -0.459. The third-order valence-corrected chi connectivity index (χ3v) is 7.37. The van der Waals surface area contributed by atoms with Crippen molar-refractivity contribution in [1.82, 2.24) is 10.2 Å². The van der Waals surface area contributed by atoms with E-state index in [1.54, 1.807) is 19.1 Å². The standard InChI is InChI=1S/C23H26N2O5.C8H12/c1-13-17(23(28)30-15-10-22(27)25(2)12-15)11-18-19(24-13)8-14(9-20(18)26)16-6-4-5-7-21(16)29-3;1-5-7(3)8(4)6-2/h4-7,14-15,24H,8-12H2,1-3H3;5-6H,1-2H2,3-4H3/b;8-7+/t14-,15-;/m1./s1. The van der Waals surface area contributed by atoms with Gasteiger partial charge in [0, 0.05) is 42.8 Å². The molecular formula is C31H38N2O5. The molecule has 1 fully saturated rings. The van der Waals surface area contributed by atoms with E-state index in [9.17, 15) is 14.4 Å². The van der Waals surface area contributed by atoms with Crippen molar-refractivity contribution in [2.24, 2.45) is 0 Å². The fourth-order valence-electron chi connectivity index (χ4n) is 4.79. The second-order valence-electron chi connectivity index (χ2n) is 9.91. The number of nitrogens with zero attached hydrogens (tertiary/aromatic N) is 1. The Morgan fingerprint density at radius 3 is 2.32 bits per heavy atom. The molecule has 2 aliphatic heterocycles. The van der Waals surface area contributed by atoms with E-state index in [-0.39, 0.29) is 30.4 Å². The molecule has 0 bridgehead atoms. The van der Waals surface area contributed by atoms with Crippen LogP contribution in [0.25, 0.3) is 0 Å². The quantitative estimate of drug-likeness (QED) is 0.415. The summed E-state index contributed by atoms with van der Waals surface area (Å²) in [5.74, 6) is 0.353. The number of methoxy groups -OCH3 is 1. The molecule has 0 saturated carbocycles. The maximum Gasteiger partial charge on any atom is 0.336 e. The molecule has 0 unspecified atom stereocenters. The monoisotopic (exact) mass is 518 g/mol. The normalized spacial score (nSPS) is 21.6. The van der Waals surface area contributed by atoms with Crippen LogP contribution >= 0.6 is 0 Å². The van der Waals surface area contributed by atoms with Gasteiger partial charge in [0.15, 0.2) is 5.78 Å². The minimum absolute atomic E-state index is 0.0289. The van der Waals surface area contributed by atoms with Gasteiger partial charge in [-0.25, -0.2) is 4.79 Å². The van der Waals surface area contributed by atoms with E-state index in [0.29, 0.717) is 36.2 Å². The first-order valence-corrected chi connectivity index (χ1v) is 12.8. The van der Waals surface area contributed by atoms with Gasteiger partial charge >= 0.3 is 5.97 Å². The molecular weight excluding hydrogens is 480 g/mol. The SMILES string of the molecule is C=C/C(C)=C(\C)C=C.COc1ccccc1[C@H]1CC(=O)C2=C(C1)NC(C)=C(C(=O)O[C@@H]1CC(=O)N(C)C1)C2. The number of benzene rings is 1. The predicted octanol–water partition coefficient (Wildman–Crippen LogP) is 5.13. The smallest absolute Gasteiger partial charge is 0.336 e. The Morgan fingerprint density at radius 2 is 1.74 bits per heavy atom. The van der Waals surface area contributed by atoms with Gasteiger partial charge in [-0.15, -0.1) is 0 Å². The van der Waals surface area contributed by atoms with Crippen LogP contribution in [0.3, 0.4) is 0 Å². The lowest BCUT2D eigenvalue weighted by molar-refractivity contribution is -0.143. The van der Waals surface area contributed by atoms with Crippen molar-refractivity contribution in [2.45, 2.75) is 58.5 Å². The summed E-state index contributed by atoms with van der Waals surface area (Å²) in [4.78, 5) is 38.9. The Kier molecular flexibility index (Phi) is 9.50. The molecule has 0 spiro atoms. The van der Waals surface area contributed by atoms with Gasteiger partial charge in [0.2, 0.25) is 5.91 Å². The summed E-state index contributed by atoms with van der Waals surface area (Å²) in [5.41, 5.74) is 6.08. The van der Waals surface area contributed by atoms with Gasteiger partial charge in [-0.1, -0.05) is 43.5 Å². The number of likely N-dealkylation sites (tertiary alicyclic amines) is 1. The van der Waals surface area contributed by atoms with Crippen LogP contribution in [0.5, 0.6) is 5.75 Å². The number of hydrogen-bond acceptors (Lipinski definition) is 6. The molecule has 1 amide bonds.